The molecular weight excluding hydrogens is 328 g/mol. The molecule has 0 unspecified atom stereocenters. The van der Waals surface area contributed by atoms with Gasteiger partial charge in [0.05, 0.1) is 5.69 Å². The normalized spacial score (nSPS) is 15.8. The van der Waals surface area contributed by atoms with Crippen LogP contribution in [0.4, 0.5) is 5.95 Å². The summed E-state index contributed by atoms with van der Waals surface area (Å²) >= 11 is 3.47. The Morgan fingerprint density at radius 2 is 1.95 bits per heavy atom. The summed E-state index contributed by atoms with van der Waals surface area (Å²) in [7, 11) is 0. The molecule has 1 aliphatic rings. The Morgan fingerprint density at radius 1 is 1.14 bits per heavy atom. The van der Waals surface area contributed by atoms with E-state index in [9.17, 15) is 0 Å². The number of hydrogen-bond donors (Lipinski definition) is 1. The molecule has 2 aromatic rings. The summed E-state index contributed by atoms with van der Waals surface area (Å²) in [4.78, 5) is 11.6. The molecule has 1 saturated heterocycles. The van der Waals surface area contributed by atoms with Crippen molar-refractivity contribution >= 4 is 21.9 Å². The van der Waals surface area contributed by atoms with Crippen molar-refractivity contribution in [3.05, 3.63) is 40.5 Å². The maximum absolute atomic E-state index is 4.81. The number of aryl methyl sites for hydroxylation is 1. The highest BCUT2D eigenvalue weighted by molar-refractivity contribution is 9.10. The van der Waals surface area contributed by atoms with Crippen LogP contribution in [0.2, 0.25) is 0 Å². The molecule has 0 spiro atoms. The quantitative estimate of drug-likeness (QED) is 0.907. The Morgan fingerprint density at radius 3 is 2.76 bits per heavy atom. The largest absolute Gasteiger partial charge is 0.339 e. The summed E-state index contributed by atoms with van der Waals surface area (Å²) in [5.74, 6) is 0.835. The minimum absolute atomic E-state index is 0.835. The zero-order valence-electron chi connectivity index (χ0n) is 12.1. The molecule has 0 radical (unpaired) electrons. The first-order valence-corrected chi connectivity index (χ1v) is 8.08. The Bertz CT molecular complexity index is 604. The van der Waals surface area contributed by atoms with Crippen LogP contribution in [-0.2, 0) is 0 Å². The van der Waals surface area contributed by atoms with Crippen LogP contribution in [0.5, 0.6) is 0 Å². The van der Waals surface area contributed by atoms with Crippen molar-refractivity contribution in [2.24, 2.45) is 0 Å². The summed E-state index contributed by atoms with van der Waals surface area (Å²) < 4.78 is 1.08. The van der Waals surface area contributed by atoms with E-state index in [1.807, 2.05) is 18.3 Å². The lowest BCUT2D eigenvalue weighted by molar-refractivity contribution is 0.724. The number of nitrogens with zero attached hydrogens (tertiary/aromatic N) is 3. The van der Waals surface area contributed by atoms with Crippen LogP contribution in [0.3, 0.4) is 0 Å². The number of anilines is 1. The number of nitrogens with one attached hydrogen (secondary N) is 1. The molecule has 1 aromatic heterocycles. The van der Waals surface area contributed by atoms with E-state index < -0.39 is 0 Å². The SMILES string of the molecule is Cc1cnc(N2CCCNCC2)nc1-c1ccc(Br)cc1. The van der Waals surface area contributed by atoms with Gasteiger partial charge in [0.1, 0.15) is 0 Å². The number of hydrogen-bond acceptors (Lipinski definition) is 4. The van der Waals surface area contributed by atoms with Crippen molar-refractivity contribution in [3.63, 3.8) is 0 Å². The monoisotopic (exact) mass is 346 g/mol. The van der Waals surface area contributed by atoms with Gasteiger partial charge in [-0.3, -0.25) is 0 Å². The molecule has 21 heavy (non-hydrogen) atoms. The lowest BCUT2D eigenvalue weighted by Gasteiger charge is -2.20. The molecular formula is C16H19BrN4. The van der Waals surface area contributed by atoms with Gasteiger partial charge in [-0.2, -0.15) is 0 Å². The number of rotatable bonds is 2. The molecule has 0 saturated carbocycles. The van der Waals surface area contributed by atoms with Gasteiger partial charge in [-0.1, -0.05) is 28.1 Å². The first-order valence-electron chi connectivity index (χ1n) is 7.29. The van der Waals surface area contributed by atoms with E-state index in [2.05, 4.69) is 50.2 Å². The third-order valence-corrected chi connectivity index (χ3v) is 4.23. The number of aromatic nitrogens is 2. The van der Waals surface area contributed by atoms with Crippen LogP contribution in [-0.4, -0.2) is 36.1 Å². The second-order valence-electron chi connectivity index (χ2n) is 5.30. The Hall–Kier alpha value is -1.46. The fraction of sp³-hybridized carbons (Fsp3) is 0.375. The lowest BCUT2D eigenvalue weighted by Crippen LogP contribution is -2.29. The highest BCUT2D eigenvalue weighted by Crippen LogP contribution is 2.24. The van der Waals surface area contributed by atoms with Crippen molar-refractivity contribution in [1.82, 2.24) is 15.3 Å². The van der Waals surface area contributed by atoms with E-state index in [4.69, 9.17) is 4.98 Å². The summed E-state index contributed by atoms with van der Waals surface area (Å²) in [5.41, 5.74) is 3.26. The smallest absolute Gasteiger partial charge is 0.225 e. The molecule has 1 aromatic carbocycles. The van der Waals surface area contributed by atoms with Crippen LogP contribution in [0.1, 0.15) is 12.0 Å². The average molecular weight is 347 g/mol. The maximum Gasteiger partial charge on any atom is 0.225 e. The molecule has 1 N–H and O–H groups in total. The first-order chi connectivity index (χ1) is 10.2. The standard InChI is InChI=1S/C16H19BrN4/c1-12-11-19-16(21-9-2-7-18-8-10-21)20-15(12)13-3-5-14(17)6-4-13/h3-6,11,18H,2,7-10H2,1H3. The van der Waals surface area contributed by atoms with Gasteiger partial charge in [-0.05, 0) is 37.6 Å². The zero-order chi connectivity index (χ0) is 14.7. The molecule has 2 heterocycles. The molecule has 0 amide bonds. The zero-order valence-corrected chi connectivity index (χ0v) is 13.7. The molecule has 0 atom stereocenters. The number of benzene rings is 1. The summed E-state index contributed by atoms with van der Waals surface area (Å²) in [6, 6.07) is 8.28. The molecule has 1 fully saturated rings. The van der Waals surface area contributed by atoms with Gasteiger partial charge in [-0.15, -0.1) is 0 Å². The molecule has 3 rings (SSSR count). The van der Waals surface area contributed by atoms with Crippen LogP contribution >= 0.6 is 15.9 Å². The van der Waals surface area contributed by atoms with Gasteiger partial charge >= 0.3 is 0 Å². The van der Waals surface area contributed by atoms with Crippen molar-refractivity contribution in [1.29, 1.82) is 0 Å². The molecule has 4 nitrogen and oxygen atoms in total. The number of halogens is 1. The minimum Gasteiger partial charge on any atom is -0.339 e. The van der Waals surface area contributed by atoms with Crippen molar-refractivity contribution in [2.75, 3.05) is 31.1 Å². The van der Waals surface area contributed by atoms with Crippen molar-refractivity contribution < 1.29 is 0 Å². The summed E-state index contributed by atoms with van der Waals surface area (Å²) in [6.07, 6.45) is 3.06. The van der Waals surface area contributed by atoms with Crippen LogP contribution in [0, 0.1) is 6.92 Å². The summed E-state index contributed by atoms with van der Waals surface area (Å²) in [5, 5.41) is 3.41. The fourth-order valence-electron chi connectivity index (χ4n) is 2.53. The molecule has 0 bridgehead atoms. The van der Waals surface area contributed by atoms with Crippen molar-refractivity contribution in [3.8, 4) is 11.3 Å². The van der Waals surface area contributed by atoms with E-state index in [1.165, 1.54) is 0 Å². The van der Waals surface area contributed by atoms with Gasteiger partial charge in [-0.25, -0.2) is 9.97 Å². The average Bonchev–Trinajstić information content (AvgIpc) is 2.78. The van der Waals surface area contributed by atoms with Crippen LogP contribution in [0.15, 0.2) is 34.9 Å². The third-order valence-electron chi connectivity index (χ3n) is 3.70. The molecule has 110 valence electrons. The van der Waals surface area contributed by atoms with Crippen LogP contribution < -0.4 is 10.2 Å². The second-order valence-corrected chi connectivity index (χ2v) is 6.21. The topological polar surface area (TPSA) is 41.1 Å². The molecule has 5 heteroatoms. The van der Waals surface area contributed by atoms with Gasteiger partial charge in [0.25, 0.3) is 0 Å². The summed E-state index contributed by atoms with van der Waals surface area (Å²) in [6.45, 7) is 6.09. The van der Waals surface area contributed by atoms with Crippen LogP contribution in [0.25, 0.3) is 11.3 Å². The Kier molecular flexibility index (Phi) is 4.51. The molecule has 1 aliphatic heterocycles. The Balaban J connectivity index is 1.93. The van der Waals surface area contributed by atoms with E-state index in [0.29, 0.717) is 0 Å². The van der Waals surface area contributed by atoms with Gasteiger partial charge in [0.15, 0.2) is 0 Å². The minimum atomic E-state index is 0.835. The predicted octanol–water partition coefficient (Wildman–Crippen LogP) is 3.01. The highest BCUT2D eigenvalue weighted by atomic mass is 79.9. The van der Waals surface area contributed by atoms with E-state index in [1.54, 1.807) is 0 Å². The van der Waals surface area contributed by atoms with E-state index >= 15 is 0 Å². The lowest BCUT2D eigenvalue weighted by atomic mass is 10.1. The third kappa shape index (κ3) is 3.41. The fourth-order valence-corrected chi connectivity index (χ4v) is 2.80. The van der Waals surface area contributed by atoms with E-state index in [-0.39, 0.29) is 0 Å². The molecule has 0 aliphatic carbocycles. The Labute approximate surface area is 133 Å². The van der Waals surface area contributed by atoms with E-state index in [0.717, 1.165) is 59.8 Å². The predicted molar refractivity (Wildman–Crippen MR) is 89.6 cm³/mol. The van der Waals surface area contributed by atoms with Gasteiger partial charge in [0, 0.05) is 35.9 Å². The second kappa shape index (κ2) is 6.54. The highest BCUT2D eigenvalue weighted by Gasteiger charge is 2.14. The van der Waals surface area contributed by atoms with Gasteiger partial charge in [0.2, 0.25) is 5.95 Å². The maximum atomic E-state index is 4.81. The van der Waals surface area contributed by atoms with Gasteiger partial charge < -0.3 is 10.2 Å². The van der Waals surface area contributed by atoms with Crippen molar-refractivity contribution in [2.45, 2.75) is 13.3 Å². The first kappa shape index (κ1) is 14.5.